The van der Waals surface area contributed by atoms with E-state index < -0.39 is 5.97 Å². The molecule has 4 N–H and O–H groups in total. The van der Waals surface area contributed by atoms with E-state index in [1.54, 1.807) is 12.1 Å². The van der Waals surface area contributed by atoms with Gasteiger partial charge in [0.1, 0.15) is 0 Å². The molecule has 110 valence electrons. The SMILES string of the molecule is CC(C)(C)c1ccccc1Nc1ccc(C(=O)O)c(N)c1. The molecule has 0 saturated carbocycles. The Morgan fingerprint density at radius 3 is 2.38 bits per heavy atom. The molecule has 0 aliphatic carbocycles. The Kier molecular flexibility index (Phi) is 3.89. The fourth-order valence-corrected chi connectivity index (χ4v) is 2.24. The highest BCUT2D eigenvalue weighted by molar-refractivity contribution is 5.94. The zero-order valence-electron chi connectivity index (χ0n) is 12.5. The van der Waals surface area contributed by atoms with E-state index in [0.717, 1.165) is 11.4 Å². The smallest absolute Gasteiger partial charge is 0.337 e. The maximum absolute atomic E-state index is 11.0. The van der Waals surface area contributed by atoms with Gasteiger partial charge in [-0.1, -0.05) is 39.0 Å². The van der Waals surface area contributed by atoms with Gasteiger partial charge in [0, 0.05) is 17.1 Å². The monoisotopic (exact) mass is 284 g/mol. The molecule has 0 spiro atoms. The number of nitrogens with one attached hydrogen (secondary N) is 1. The Hall–Kier alpha value is -2.49. The van der Waals surface area contributed by atoms with Crippen LogP contribution in [0.1, 0.15) is 36.7 Å². The fourth-order valence-electron chi connectivity index (χ4n) is 2.24. The molecule has 0 amide bonds. The summed E-state index contributed by atoms with van der Waals surface area (Å²) < 4.78 is 0. The van der Waals surface area contributed by atoms with E-state index in [0.29, 0.717) is 0 Å². The molecule has 2 aromatic carbocycles. The number of carboxylic acid groups (broad SMARTS) is 1. The van der Waals surface area contributed by atoms with E-state index in [2.05, 4.69) is 32.2 Å². The molecule has 2 rings (SSSR count). The lowest BCUT2D eigenvalue weighted by molar-refractivity contribution is 0.0698. The van der Waals surface area contributed by atoms with Crippen LogP contribution in [0.3, 0.4) is 0 Å². The van der Waals surface area contributed by atoms with Crippen molar-refractivity contribution < 1.29 is 9.90 Å². The minimum atomic E-state index is -1.02. The van der Waals surface area contributed by atoms with Gasteiger partial charge < -0.3 is 16.2 Å². The van der Waals surface area contributed by atoms with E-state index in [1.807, 2.05) is 18.2 Å². The van der Waals surface area contributed by atoms with Gasteiger partial charge in [-0.15, -0.1) is 0 Å². The van der Waals surface area contributed by atoms with Gasteiger partial charge in [-0.25, -0.2) is 4.79 Å². The topological polar surface area (TPSA) is 75.3 Å². The second kappa shape index (κ2) is 5.48. The number of aromatic carboxylic acids is 1. The van der Waals surface area contributed by atoms with E-state index in [1.165, 1.54) is 11.6 Å². The minimum absolute atomic E-state index is 0.0101. The summed E-state index contributed by atoms with van der Waals surface area (Å²) in [5.41, 5.74) is 9.11. The van der Waals surface area contributed by atoms with Gasteiger partial charge in [-0.2, -0.15) is 0 Å². The predicted octanol–water partition coefficient (Wildman–Crippen LogP) is 4.01. The number of hydrogen-bond acceptors (Lipinski definition) is 3. The second-order valence-corrected chi connectivity index (χ2v) is 6.03. The third kappa shape index (κ3) is 3.34. The molecule has 0 bridgehead atoms. The first-order valence-corrected chi connectivity index (χ1v) is 6.78. The van der Waals surface area contributed by atoms with Crippen molar-refractivity contribution in [3.63, 3.8) is 0 Å². The Bertz CT molecular complexity index is 673. The first kappa shape index (κ1) is 14.9. The van der Waals surface area contributed by atoms with Gasteiger partial charge in [-0.05, 0) is 35.2 Å². The quantitative estimate of drug-likeness (QED) is 0.744. The number of benzene rings is 2. The summed E-state index contributed by atoms with van der Waals surface area (Å²) in [5.74, 6) is -1.02. The van der Waals surface area contributed by atoms with Gasteiger partial charge in [0.15, 0.2) is 0 Å². The highest BCUT2D eigenvalue weighted by atomic mass is 16.4. The second-order valence-electron chi connectivity index (χ2n) is 6.03. The molecule has 4 nitrogen and oxygen atoms in total. The van der Waals surface area contributed by atoms with Gasteiger partial charge in [-0.3, -0.25) is 0 Å². The predicted molar refractivity (Wildman–Crippen MR) is 86.2 cm³/mol. The van der Waals surface area contributed by atoms with Crippen molar-refractivity contribution in [2.45, 2.75) is 26.2 Å². The number of carbonyl (C=O) groups is 1. The highest BCUT2D eigenvalue weighted by Crippen LogP contribution is 2.31. The van der Waals surface area contributed by atoms with Crippen LogP contribution in [-0.4, -0.2) is 11.1 Å². The molecule has 21 heavy (non-hydrogen) atoms. The molecule has 0 fully saturated rings. The van der Waals surface area contributed by atoms with Crippen LogP contribution in [0.4, 0.5) is 17.1 Å². The normalized spacial score (nSPS) is 11.2. The van der Waals surface area contributed by atoms with E-state index >= 15 is 0 Å². The van der Waals surface area contributed by atoms with Crippen molar-refractivity contribution in [2.24, 2.45) is 0 Å². The summed E-state index contributed by atoms with van der Waals surface area (Å²) in [6.45, 7) is 6.44. The third-order valence-corrected chi connectivity index (χ3v) is 3.30. The Balaban J connectivity index is 2.35. The summed E-state index contributed by atoms with van der Waals surface area (Å²) in [7, 11) is 0. The average molecular weight is 284 g/mol. The number of anilines is 3. The van der Waals surface area contributed by atoms with Crippen molar-refractivity contribution in [1.29, 1.82) is 0 Å². The summed E-state index contributed by atoms with van der Waals surface area (Å²) in [4.78, 5) is 11.0. The van der Waals surface area contributed by atoms with E-state index in [-0.39, 0.29) is 16.7 Å². The molecular weight excluding hydrogens is 264 g/mol. The van der Waals surface area contributed by atoms with Crippen molar-refractivity contribution >= 4 is 23.0 Å². The van der Waals surface area contributed by atoms with Gasteiger partial charge in [0.25, 0.3) is 0 Å². The van der Waals surface area contributed by atoms with Gasteiger partial charge >= 0.3 is 5.97 Å². The molecule has 4 heteroatoms. The lowest BCUT2D eigenvalue weighted by Crippen LogP contribution is -2.13. The molecule has 0 saturated heterocycles. The van der Waals surface area contributed by atoms with Crippen molar-refractivity contribution in [1.82, 2.24) is 0 Å². The van der Waals surface area contributed by atoms with Crippen molar-refractivity contribution in [3.8, 4) is 0 Å². The third-order valence-electron chi connectivity index (χ3n) is 3.30. The summed E-state index contributed by atoms with van der Waals surface area (Å²) >= 11 is 0. The van der Waals surface area contributed by atoms with Crippen molar-refractivity contribution in [2.75, 3.05) is 11.1 Å². The molecule has 0 radical (unpaired) electrons. The van der Waals surface area contributed by atoms with Crippen LogP contribution in [0.25, 0.3) is 0 Å². The molecule has 0 aliphatic heterocycles. The zero-order chi connectivity index (χ0) is 15.6. The molecule has 0 unspecified atom stereocenters. The highest BCUT2D eigenvalue weighted by Gasteiger charge is 2.17. The van der Waals surface area contributed by atoms with Crippen LogP contribution in [0, 0.1) is 0 Å². The van der Waals surface area contributed by atoms with Crippen LogP contribution in [0.5, 0.6) is 0 Å². The van der Waals surface area contributed by atoms with E-state index in [9.17, 15) is 4.79 Å². The molecule has 0 heterocycles. The number of carboxylic acids is 1. The Morgan fingerprint density at radius 2 is 1.81 bits per heavy atom. The van der Waals surface area contributed by atoms with Crippen molar-refractivity contribution in [3.05, 3.63) is 53.6 Å². The van der Waals surface area contributed by atoms with Crippen LogP contribution in [-0.2, 0) is 5.41 Å². The fraction of sp³-hybridized carbons (Fsp3) is 0.235. The molecule has 2 aromatic rings. The average Bonchev–Trinajstić information content (AvgIpc) is 2.37. The van der Waals surface area contributed by atoms with Gasteiger partial charge in [0.05, 0.1) is 5.56 Å². The first-order valence-electron chi connectivity index (χ1n) is 6.78. The Morgan fingerprint density at radius 1 is 1.14 bits per heavy atom. The maximum atomic E-state index is 11.0. The lowest BCUT2D eigenvalue weighted by Gasteiger charge is -2.23. The molecule has 0 aromatic heterocycles. The standard InChI is InChI=1S/C17H20N2O2/c1-17(2,3)13-6-4-5-7-15(13)19-11-8-9-12(16(20)21)14(18)10-11/h4-10,19H,18H2,1-3H3,(H,20,21). The van der Waals surface area contributed by atoms with Crippen LogP contribution < -0.4 is 11.1 Å². The number of nitrogens with two attached hydrogens (primary N) is 1. The maximum Gasteiger partial charge on any atom is 0.337 e. The van der Waals surface area contributed by atoms with Crippen LogP contribution >= 0.6 is 0 Å². The summed E-state index contributed by atoms with van der Waals surface area (Å²) in [5, 5.41) is 12.3. The number of rotatable bonds is 3. The molecular formula is C17H20N2O2. The molecule has 0 aliphatic rings. The Labute approximate surface area is 124 Å². The lowest BCUT2D eigenvalue weighted by atomic mass is 9.86. The van der Waals surface area contributed by atoms with Crippen LogP contribution in [0.15, 0.2) is 42.5 Å². The number of para-hydroxylation sites is 1. The minimum Gasteiger partial charge on any atom is -0.478 e. The number of hydrogen-bond donors (Lipinski definition) is 3. The van der Waals surface area contributed by atoms with Gasteiger partial charge in [0.2, 0.25) is 0 Å². The van der Waals surface area contributed by atoms with E-state index in [4.69, 9.17) is 10.8 Å². The summed E-state index contributed by atoms with van der Waals surface area (Å²) in [6, 6.07) is 12.9. The largest absolute Gasteiger partial charge is 0.478 e. The zero-order valence-corrected chi connectivity index (χ0v) is 12.5. The first-order chi connectivity index (χ1) is 9.79. The molecule has 0 atom stereocenters. The summed E-state index contributed by atoms with van der Waals surface area (Å²) in [6.07, 6.45) is 0. The van der Waals surface area contributed by atoms with Crippen LogP contribution in [0.2, 0.25) is 0 Å². The number of nitrogen functional groups attached to an aromatic ring is 1.